The molecule has 0 amide bonds. The standard InChI is InChI=1S/C10H18N2/c1-4-9(5-2)12(6-3)10-7-11-8-10/h1,9-11H,5-8H2,2-3H3. The van der Waals surface area contributed by atoms with Crippen LogP contribution in [-0.2, 0) is 0 Å². The molecule has 1 saturated heterocycles. The lowest BCUT2D eigenvalue weighted by molar-refractivity contribution is 0.125. The van der Waals surface area contributed by atoms with Crippen molar-refractivity contribution in [3.05, 3.63) is 0 Å². The molecule has 0 aromatic heterocycles. The molecule has 68 valence electrons. The van der Waals surface area contributed by atoms with Gasteiger partial charge in [0.05, 0.1) is 6.04 Å². The third kappa shape index (κ3) is 1.80. The van der Waals surface area contributed by atoms with E-state index in [0.29, 0.717) is 12.1 Å². The smallest absolute Gasteiger partial charge is 0.0712 e. The van der Waals surface area contributed by atoms with Crippen LogP contribution in [0.1, 0.15) is 20.3 Å². The fourth-order valence-corrected chi connectivity index (χ4v) is 1.69. The number of nitrogens with zero attached hydrogens (tertiary/aromatic N) is 1. The minimum absolute atomic E-state index is 0.335. The molecule has 1 atom stereocenters. The molecule has 0 aromatic carbocycles. The summed E-state index contributed by atoms with van der Waals surface area (Å²) < 4.78 is 0. The van der Waals surface area contributed by atoms with Crippen LogP contribution in [0.3, 0.4) is 0 Å². The quantitative estimate of drug-likeness (QED) is 0.618. The summed E-state index contributed by atoms with van der Waals surface area (Å²) in [6, 6.07) is 1.01. The van der Waals surface area contributed by atoms with Gasteiger partial charge in [-0.25, -0.2) is 0 Å². The van der Waals surface area contributed by atoms with E-state index in [2.05, 4.69) is 30.0 Å². The average molecular weight is 166 g/mol. The van der Waals surface area contributed by atoms with E-state index in [1.54, 1.807) is 0 Å². The minimum Gasteiger partial charge on any atom is -0.314 e. The first kappa shape index (κ1) is 9.57. The SMILES string of the molecule is C#CC(CC)N(CC)C1CNC1. The number of rotatable bonds is 4. The van der Waals surface area contributed by atoms with E-state index in [4.69, 9.17) is 6.42 Å². The Balaban J connectivity index is 2.47. The van der Waals surface area contributed by atoms with Gasteiger partial charge in [0, 0.05) is 19.1 Å². The summed E-state index contributed by atoms with van der Waals surface area (Å²) in [7, 11) is 0. The zero-order valence-corrected chi connectivity index (χ0v) is 8.01. The van der Waals surface area contributed by atoms with E-state index in [1.165, 1.54) is 0 Å². The Morgan fingerprint density at radius 3 is 2.50 bits per heavy atom. The molecule has 0 spiro atoms. The van der Waals surface area contributed by atoms with Crippen molar-refractivity contribution in [3.63, 3.8) is 0 Å². The van der Waals surface area contributed by atoms with Crippen LogP contribution >= 0.6 is 0 Å². The zero-order valence-electron chi connectivity index (χ0n) is 8.01. The highest BCUT2D eigenvalue weighted by atomic mass is 15.2. The maximum absolute atomic E-state index is 5.46. The fraction of sp³-hybridized carbons (Fsp3) is 0.800. The Bertz CT molecular complexity index is 167. The molecule has 0 radical (unpaired) electrons. The van der Waals surface area contributed by atoms with Crippen LogP contribution in [0.15, 0.2) is 0 Å². The van der Waals surface area contributed by atoms with Gasteiger partial charge in [-0.3, -0.25) is 4.90 Å². The molecule has 0 aromatic rings. The van der Waals surface area contributed by atoms with Crippen molar-refractivity contribution in [3.8, 4) is 12.3 Å². The molecule has 1 rings (SSSR count). The van der Waals surface area contributed by atoms with Crippen molar-refractivity contribution in [2.75, 3.05) is 19.6 Å². The van der Waals surface area contributed by atoms with Crippen molar-refractivity contribution < 1.29 is 0 Å². The molecule has 2 nitrogen and oxygen atoms in total. The van der Waals surface area contributed by atoms with Gasteiger partial charge in [-0.05, 0) is 13.0 Å². The summed E-state index contributed by atoms with van der Waals surface area (Å²) in [5, 5.41) is 3.27. The lowest BCUT2D eigenvalue weighted by atomic mass is 10.1. The van der Waals surface area contributed by atoms with E-state index in [9.17, 15) is 0 Å². The van der Waals surface area contributed by atoms with Crippen LogP contribution in [-0.4, -0.2) is 36.6 Å². The molecule has 0 aliphatic carbocycles. The summed E-state index contributed by atoms with van der Waals surface area (Å²) in [4.78, 5) is 2.41. The number of hydrogen-bond donors (Lipinski definition) is 1. The van der Waals surface area contributed by atoms with Crippen LogP contribution in [0.2, 0.25) is 0 Å². The molecule has 12 heavy (non-hydrogen) atoms. The molecule has 1 fully saturated rings. The number of hydrogen-bond acceptors (Lipinski definition) is 2. The second kappa shape index (κ2) is 4.49. The Kier molecular flexibility index (Phi) is 3.58. The summed E-state index contributed by atoms with van der Waals surface area (Å²) in [6.45, 7) is 7.60. The molecule has 1 aliphatic rings. The number of likely N-dealkylation sites (N-methyl/N-ethyl adjacent to an activating group) is 1. The predicted molar refractivity (Wildman–Crippen MR) is 51.9 cm³/mol. The van der Waals surface area contributed by atoms with Gasteiger partial charge in [0.2, 0.25) is 0 Å². The predicted octanol–water partition coefficient (Wildman–Crippen LogP) is 0.692. The van der Waals surface area contributed by atoms with Crippen molar-refractivity contribution >= 4 is 0 Å². The summed E-state index contributed by atoms with van der Waals surface area (Å²) >= 11 is 0. The van der Waals surface area contributed by atoms with Crippen LogP contribution in [0.4, 0.5) is 0 Å². The van der Waals surface area contributed by atoms with Gasteiger partial charge < -0.3 is 5.32 Å². The summed E-state index contributed by atoms with van der Waals surface area (Å²) in [5.74, 6) is 2.85. The van der Waals surface area contributed by atoms with E-state index in [0.717, 1.165) is 26.1 Å². The molecule has 1 aliphatic heterocycles. The fourth-order valence-electron chi connectivity index (χ4n) is 1.69. The molecule has 0 saturated carbocycles. The molecule has 2 heteroatoms. The first-order valence-corrected chi connectivity index (χ1v) is 4.76. The lowest BCUT2D eigenvalue weighted by Gasteiger charge is -2.40. The van der Waals surface area contributed by atoms with Gasteiger partial charge in [0.25, 0.3) is 0 Å². The summed E-state index contributed by atoms with van der Waals surface area (Å²) in [6.07, 6.45) is 6.52. The van der Waals surface area contributed by atoms with Crippen molar-refractivity contribution in [1.82, 2.24) is 10.2 Å². The normalized spacial score (nSPS) is 20.2. The average Bonchev–Trinajstić information content (AvgIpc) is 2.01. The Labute approximate surface area is 75.3 Å². The maximum atomic E-state index is 5.46. The van der Waals surface area contributed by atoms with Gasteiger partial charge >= 0.3 is 0 Å². The van der Waals surface area contributed by atoms with Crippen molar-refractivity contribution in [2.24, 2.45) is 0 Å². The van der Waals surface area contributed by atoms with Gasteiger partial charge in [-0.15, -0.1) is 6.42 Å². The first-order chi connectivity index (χ1) is 5.83. The van der Waals surface area contributed by atoms with Gasteiger partial charge in [-0.1, -0.05) is 19.8 Å². The second-order valence-corrected chi connectivity index (χ2v) is 3.23. The van der Waals surface area contributed by atoms with E-state index in [1.807, 2.05) is 0 Å². The van der Waals surface area contributed by atoms with Crippen LogP contribution in [0.25, 0.3) is 0 Å². The highest BCUT2D eigenvalue weighted by Gasteiger charge is 2.26. The van der Waals surface area contributed by atoms with Crippen molar-refractivity contribution in [1.29, 1.82) is 0 Å². The first-order valence-electron chi connectivity index (χ1n) is 4.76. The van der Waals surface area contributed by atoms with Crippen molar-refractivity contribution in [2.45, 2.75) is 32.4 Å². The summed E-state index contributed by atoms with van der Waals surface area (Å²) in [5.41, 5.74) is 0. The Morgan fingerprint density at radius 2 is 2.25 bits per heavy atom. The number of nitrogens with one attached hydrogen (secondary N) is 1. The van der Waals surface area contributed by atoms with Gasteiger partial charge in [0.1, 0.15) is 0 Å². The Morgan fingerprint density at radius 1 is 1.58 bits per heavy atom. The van der Waals surface area contributed by atoms with E-state index >= 15 is 0 Å². The second-order valence-electron chi connectivity index (χ2n) is 3.23. The topological polar surface area (TPSA) is 15.3 Å². The van der Waals surface area contributed by atoms with E-state index < -0.39 is 0 Å². The third-order valence-electron chi connectivity index (χ3n) is 2.57. The van der Waals surface area contributed by atoms with Gasteiger partial charge in [0.15, 0.2) is 0 Å². The molecule has 0 bridgehead atoms. The molecule has 1 heterocycles. The molecular weight excluding hydrogens is 148 g/mol. The number of terminal acetylenes is 1. The third-order valence-corrected chi connectivity index (χ3v) is 2.57. The highest BCUT2D eigenvalue weighted by Crippen LogP contribution is 2.11. The maximum Gasteiger partial charge on any atom is 0.0712 e. The van der Waals surface area contributed by atoms with E-state index in [-0.39, 0.29) is 0 Å². The molecular formula is C10H18N2. The highest BCUT2D eigenvalue weighted by molar-refractivity contribution is 5.02. The largest absolute Gasteiger partial charge is 0.314 e. The van der Waals surface area contributed by atoms with Gasteiger partial charge in [-0.2, -0.15) is 0 Å². The van der Waals surface area contributed by atoms with Crippen LogP contribution in [0, 0.1) is 12.3 Å². The molecule has 1 unspecified atom stereocenters. The van der Waals surface area contributed by atoms with Crippen LogP contribution < -0.4 is 5.32 Å². The van der Waals surface area contributed by atoms with Crippen LogP contribution in [0.5, 0.6) is 0 Å². The Hall–Kier alpha value is -0.520. The zero-order chi connectivity index (χ0) is 8.97. The molecule has 1 N–H and O–H groups in total. The minimum atomic E-state index is 0.335. The lowest BCUT2D eigenvalue weighted by Crippen LogP contribution is -2.59. The monoisotopic (exact) mass is 166 g/mol.